The summed E-state index contributed by atoms with van der Waals surface area (Å²) in [7, 11) is -0.590. The molecule has 7 heteroatoms. The van der Waals surface area contributed by atoms with Gasteiger partial charge in [-0.25, -0.2) is 12.7 Å². The van der Waals surface area contributed by atoms with Gasteiger partial charge in [-0.3, -0.25) is 4.79 Å². The van der Waals surface area contributed by atoms with Crippen LogP contribution in [0.3, 0.4) is 0 Å². The molecule has 0 radical (unpaired) electrons. The highest BCUT2D eigenvalue weighted by molar-refractivity contribution is 7.89. The molecule has 25 heavy (non-hydrogen) atoms. The van der Waals surface area contributed by atoms with Crippen LogP contribution in [0.5, 0.6) is 0 Å². The van der Waals surface area contributed by atoms with Crippen molar-refractivity contribution in [3.8, 4) is 0 Å². The molecule has 1 heterocycles. The van der Waals surface area contributed by atoms with Gasteiger partial charge in [0, 0.05) is 39.4 Å². The van der Waals surface area contributed by atoms with Gasteiger partial charge < -0.3 is 9.64 Å². The molecular formula is C18H28N2O4S. The van der Waals surface area contributed by atoms with Gasteiger partial charge in [-0.2, -0.15) is 0 Å². The Morgan fingerprint density at radius 3 is 2.72 bits per heavy atom. The zero-order valence-corrected chi connectivity index (χ0v) is 16.3. The molecule has 1 aromatic rings. The number of hydrogen-bond donors (Lipinski definition) is 0. The van der Waals surface area contributed by atoms with Gasteiger partial charge in [0.1, 0.15) is 0 Å². The summed E-state index contributed by atoms with van der Waals surface area (Å²) in [5.41, 5.74) is 1.06. The first-order chi connectivity index (χ1) is 11.8. The minimum atomic E-state index is -3.57. The van der Waals surface area contributed by atoms with Crippen LogP contribution in [0.15, 0.2) is 23.1 Å². The van der Waals surface area contributed by atoms with Gasteiger partial charge in [0.2, 0.25) is 10.0 Å². The first-order valence-corrected chi connectivity index (χ1v) is 10.1. The second-order valence-corrected chi connectivity index (χ2v) is 8.81. The first-order valence-electron chi connectivity index (χ1n) is 8.67. The number of ether oxygens (including phenoxy) is 1. The Morgan fingerprint density at radius 1 is 1.36 bits per heavy atom. The van der Waals surface area contributed by atoms with E-state index in [0.717, 1.165) is 12.8 Å². The van der Waals surface area contributed by atoms with Gasteiger partial charge >= 0.3 is 0 Å². The number of benzene rings is 1. The molecule has 1 aliphatic heterocycles. The maximum absolute atomic E-state index is 12.9. The van der Waals surface area contributed by atoms with Crippen LogP contribution in [0.25, 0.3) is 0 Å². The number of sulfonamides is 1. The third kappa shape index (κ3) is 4.59. The Bertz CT molecular complexity index is 716. The summed E-state index contributed by atoms with van der Waals surface area (Å²) in [6, 6.07) is 4.91. The Morgan fingerprint density at radius 2 is 2.08 bits per heavy atom. The van der Waals surface area contributed by atoms with Crippen molar-refractivity contribution in [2.24, 2.45) is 5.92 Å². The Hall–Kier alpha value is -1.44. The molecule has 140 valence electrons. The molecule has 1 atom stereocenters. The summed E-state index contributed by atoms with van der Waals surface area (Å²) >= 11 is 0. The number of aryl methyl sites for hydroxylation is 1. The molecule has 0 N–H and O–H groups in total. The van der Waals surface area contributed by atoms with Crippen LogP contribution >= 0.6 is 0 Å². The lowest BCUT2D eigenvalue weighted by Gasteiger charge is -2.32. The van der Waals surface area contributed by atoms with Gasteiger partial charge in [-0.15, -0.1) is 0 Å². The number of piperidine rings is 1. The van der Waals surface area contributed by atoms with Crippen molar-refractivity contribution in [1.29, 1.82) is 0 Å². The van der Waals surface area contributed by atoms with Crippen LogP contribution in [0, 0.1) is 12.8 Å². The fourth-order valence-electron chi connectivity index (χ4n) is 3.06. The first kappa shape index (κ1) is 19.9. The molecule has 1 unspecified atom stereocenters. The van der Waals surface area contributed by atoms with E-state index in [0.29, 0.717) is 43.3 Å². The molecule has 1 fully saturated rings. The Balaban J connectivity index is 2.22. The molecule has 6 nitrogen and oxygen atoms in total. The number of hydrogen-bond acceptors (Lipinski definition) is 4. The quantitative estimate of drug-likeness (QED) is 0.771. The van der Waals surface area contributed by atoms with Gasteiger partial charge in [-0.1, -0.05) is 6.07 Å². The van der Waals surface area contributed by atoms with Crippen molar-refractivity contribution in [2.75, 3.05) is 40.4 Å². The van der Waals surface area contributed by atoms with E-state index in [4.69, 9.17) is 4.74 Å². The number of amides is 1. The van der Waals surface area contributed by atoms with E-state index in [1.54, 1.807) is 19.1 Å². The summed E-state index contributed by atoms with van der Waals surface area (Å²) in [6.45, 7) is 6.39. The van der Waals surface area contributed by atoms with Gasteiger partial charge in [0.25, 0.3) is 5.91 Å². The fourth-order valence-corrected chi connectivity index (χ4v) is 4.20. The van der Waals surface area contributed by atoms with Crippen LogP contribution in [0.2, 0.25) is 0 Å². The van der Waals surface area contributed by atoms with E-state index in [2.05, 4.69) is 0 Å². The molecule has 1 amide bonds. The average Bonchev–Trinajstić information content (AvgIpc) is 2.59. The molecule has 1 aliphatic rings. The predicted octanol–water partition coefficient (Wildman–Crippen LogP) is 2.13. The lowest BCUT2D eigenvalue weighted by molar-refractivity contribution is 0.0501. The van der Waals surface area contributed by atoms with Crippen molar-refractivity contribution in [1.82, 2.24) is 9.21 Å². The number of carbonyl (C=O) groups is 1. The van der Waals surface area contributed by atoms with Crippen LogP contribution < -0.4 is 0 Å². The highest BCUT2D eigenvalue weighted by Gasteiger charge is 2.26. The number of likely N-dealkylation sites (tertiary alicyclic amines) is 1. The highest BCUT2D eigenvalue weighted by Crippen LogP contribution is 2.23. The van der Waals surface area contributed by atoms with E-state index in [9.17, 15) is 13.2 Å². The van der Waals surface area contributed by atoms with Crippen molar-refractivity contribution in [3.63, 3.8) is 0 Å². The molecule has 1 saturated heterocycles. The maximum Gasteiger partial charge on any atom is 0.253 e. The second-order valence-electron chi connectivity index (χ2n) is 6.69. The largest absolute Gasteiger partial charge is 0.381 e. The maximum atomic E-state index is 12.9. The summed E-state index contributed by atoms with van der Waals surface area (Å²) in [5.74, 6) is 0.226. The van der Waals surface area contributed by atoms with E-state index in [1.165, 1.54) is 24.5 Å². The van der Waals surface area contributed by atoms with Crippen LogP contribution in [0.4, 0.5) is 0 Å². The van der Waals surface area contributed by atoms with Crippen LogP contribution in [-0.4, -0.2) is 63.9 Å². The Labute approximate surface area is 150 Å². The van der Waals surface area contributed by atoms with Gasteiger partial charge in [-0.05, 0) is 50.3 Å². The molecule has 0 aliphatic carbocycles. The summed E-state index contributed by atoms with van der Waals surface area (Å²) in [6.07, 6.45) is 2.00. The van der Waals surface area contributed by atoms with Crippen molar-refractivity contribution < 1.29 is 17.9 Å². The average molecular weight is 368 g/mol. The fraction of sp³-hybridized carbons (Fsp3) is 0.611. The third-order valence-corrected chi connectivity index (χ3v) is 6.51. The highest BCUT2D eigenvalue weighted by atomic mass is 32.2. The molecule has 0 spiro atoms. The molecular weight excluding hydrogens is 340 g/mol. The van der Waals surface area contributed by atoms with Crippen molar-refractivity contribution in [2.45, 2.75) is 31.6 Å². The normalized spacial score (nSPS) is 18.6. The van der Waals surface area contributed by atoms with E-state index < -0.39 is 10.0 Å². The predicted molar refractivity (Wildman–Crippen MR) is 97.2 cm³/mol. The minimum Gasteiger partial charge on any atom is -0.381 e. The number of rotatable bonds is 6. The standard InChI is InChI=1S/C18H28N2O4S/c1-5-24-13-15-7-6-10-20(12-15)18(21)16-9-8-14(2)17(11-16)25(22,23)19(3)4/h8-9,11,15H,5-7,10,12-13H2,1-4H3. The SMILES string of the molecule is CCOCC1CCCN(C(=O)c2ccc(C)c(S(=O)(=O)N(C)C)c2)C1. The number of carbonyl (C=O) groups excluding carboxylic acids is 1. The van der Waals surface area contributed by atoms with Gasteiger partial charge in [0.15, 0.2) is 0 Å². The van der Waals surface area contributed by atoms with E-state index >= 15 is 0 Å². The monoisotopic (exact) mass is 368 g/mol. The summed E-state index contributed by atoms with van der Waals surface area (Å²) in [4.78, 5) is 14.9. The smallest absolute Gasteiger partial charge is 0.253 e. The topological polar surface area (TPSA) is 66.9 Å². The zero-order chi connectivity index (χ0) is 18.6. The molecule has 0 bridgehead atoms. The van der Waals surface area contributed by atoms with E-state index in [-0.39, 0.29) is 10.8 Å². The zero-order valence-electron chi connectivity index (χ0n) is 15.5. The second kappa shape index (κ2) is 8.29. The lowest BCUT2D eigenvalue weighted by atomic mass is 9.98. The van der Waals surface area contributed by atoms with E-state index in [1.807, 2.05) is 11.8 Å². The van der Waals surface area contributed by atoms with Crippen LogP contribution in [-0.2, 0) is 14.8 Å². The van der Waals surface area contributed by atoms with Crippen LogP contribution in [0.1, 0.15) is 35.7 Å². The van der Waals surface area contributed by atoms with Crippen molar-refractivity contribution >= 4 is 15.9 Å². The minimum absolute atomic E-state index is 0.114. The summed E-state index contributed by atoms with van der Waals surface area (Å²) < 4.78 is 31.6. The summed E-state index contributed by atoms with van der Waals surface area (Å²) in [5, 5.41) is 0. The molecule has 0 saturated carbocycles. The molecule has 1 aromatic carbocycles. The Kier molecular flexibility index (Phi) is 6.59. The van der Waals surface area contributed by atoms with Crippen molar-refractivity contribution in [3.05, 3.63) is 29.3 Å². The lowest BCUT2D eigenvalue weighted by Crippen LogP contribution is -2.41. The van der Waals surface area contributed by atoms with Gasteiger partial charge in [0.05, 0.1) is 11.5 Å². The molecule has 2 rings (SSSR count). The number of nitrogens with zero attached hydrogens (tertiary/aromatic N) is 2. The third-order valence-electron chi connectivity index (χ3n) is 4.56. The molecule has 0 aromatic heterocycles.